The van der Waals surface area contributed by atoms with Crippen LogP contribution in [0.4, 0.5) is 0 Å². The average molecular weight is 292 g/mol. The molecule has 20 heavy (non-hydrogen) atoms. The number of benzene rings is 1. The van der Waals surface area contributed by atoms with Crippen molar-refractivity contribution in [1.82, 2.24) is 10.2 Å². The molecule has 0 spiro atoms. The third-order valence-electron chi connectivity index (χ3n) is 3.86. The van der Waals surface area contributed by atoms with Gasteiger partial charge < -0.3 is 15.0 Å². The van der Waals surface area contributed by atoms with Crippen molar-refractivity contribution < 1.29 is 4.74 Å². The van der Waals surface area contributed by atoms with Crippen LogP contribution in [0, 0.1) is 0 Å². The van der Waals surface area contributed by atoms with E-state index in [1.165, 1.54) is 37.7 Å². The third kappa shape index (κ3) is 4.37. The van der Waals surface area contributed by atoms with Crippen LogP contribution in [-0.2, 0) is 6.54 Å². The molecular weight excluding hydrogens is 268 g/mol. The molecule has 0 unspecified atom stereocenters. The van der Waals surface area contributed by atoms with Gasteiger partial charge in [0.2, 0.25) is 0 Å². The smallest absolute Gasteiger partial charge is 0.169 e. The summed E-state index contributed by atoms with van der Waals surface area (Å²) in [5, 5.41) is 4.35. The Morgan fingerprint density at radius 2 is 1.90 bits per heavy atom. The molecule has 110 valence electrons. The summed E-state index contributed by atoms with van der Waals surface area (Å²) in [6, 6.07) is 8.70. The Bertz CT molecular complexity index is 427. The molecule has 0 aliphatic heterocycles. The zero-order valence-corrected chi connectivity index (χ0v) is 13.2. The molecule has 0 saturated heterocycles. The van der Waals surface area contributed by atoms with Crippen LogP contribution < -0.4 is 10.1 Å². The molecule has 0 aromatic heterocycles. The predicted octanol–water partition coefficient (Wildman–Crippen LogP) is 3.33. The first-order valence-corrected chi connectivity index (χ1v) is 7.74. The van der Waals surface area contributed by atoms with E-state index in [-0.39, 0.29) is 0 Å². The van der Waals surface area contributed by atoms with Gasteiger partial charge in [-0.2, -0.15) is 0 Å². The second kappa shape index (κ2) is 7.48. The Labute approximate surface area is 127 Å². The minimum atomic E-state index is 0.564. The van der Waals surface area contributed by atoms with Crippen LogP contribution in [0.2, 0.25) is 0 Å². The quantitative estimate of drug-likeness (QED) is 0.860. The SMILES string of the molecule is COc1ccc(CN(C)C(=S)NC2CCCCC2)cc1. The second-order valence-corrected chi connectivity index (χ2v) is 5.88. The normalized spacial score (nSPS) is 15.7. The average Bonchev–Trinajstić information content (AvgIpc) is 2.49. The largest absolute Gasteiger partial charge is 0.497 e. The van der Waals surface area contributed by atoms with E-state index in [1.54, 1.807) is 7.11 Å². The van der Waals surface area contributed by atoms with Crippen LogP contribution in [0.3, 0.4) is 0 Å². The van der Waals surface area contributed by atoms with Crippen LogP contribution in [0.15, 0.2) is 24.3 Å². The topological polar surface area (TPSA) is 24.5 Å². The highest BCUT2D eigenvalue weighted by atomic mass is 32.1. The minimum Gasteiger partial charge on any atom is -0.497 e. The monoisotopic (exact) mass is 292 g/mol. The van der Waals surface area contributed by atoms with Crippen LogP contribution >= 0.6 is 12.2 Å². The fourth-order valence-corrected chi connectivity index (χ4v) is 2.84. The Kier molecular flexibility index (Phi) is 5.65. The molecule has 1 aromatic carbocycles. The molecule has 3 nitrogen and oxygen atoms in total. The lowest BCUT2D eigenvalue weighted by atomic mass is 9.96. The lowest BCUT2D eigenvalue weighted by Gasteiger charge is -2.28. The van der Waals surface area contributed by atoms with Crippen molar-refractivity contribution in [3.05, 3.63) is 29.8 Å². The van der Waals surface area contributed by atoms with Gasteiger partial charge in [0.1, 0.15) is 5.75 Å². The molecule has 0 atom stereocenters. The number of hydrogen-bond donors (Lipinski definition) is 1. The first-order chi connectivity index (χ1) is 9.69. The number of nitrogens with zero attached hydrogens (tertiary/aromatic N) is 1. The van der Waals surface area contributed by atoms with Gasteiger partial charge in [-0.1, -0.05) is 31.4 Å². The van der Waals surface area contributed by atoms with Gasteiger partial charge in [0.15, 0.2) is 5.11 Å². The molecule has 1 aromatic rings. The van der Waals surface area contributed by atoms with Crippen molar-refractivity contribution in [3.8, 4) is 5.75 Å². The number of rotatable bonds is 4. The molecular formula is C16H24N2OS. The highest BCUT2D eigenvalue weighted by molar-refractivity contribution is 7.80. The van der Waals surface area contributed by atoms with Gasteiger partial charge in [0.05, 0.1) is 7.11 Å². The van der Waals surface area contributed by atoms with Crippen LogP contribution in [-0.4, -0.2) is 30.2 Å². The van der Waals surface area contributed by atoms with E-state index in [0.717, 1.165) is 17.4 Å². The number of methoxy groups -OCH3 is 1. The molecule has 0 bridgehead atoms. The summed E-state index contributed by atoms with van der Waals surface area (Å²) in [5.74, 6) is 0.888. The summed E-state index contributed by atoms with van der Waals surface area (Å²) in [4.78, 5) is 2.10. The summed E-state index contributed by atoms with van der Waals surface area (Å²) in [6.07, 6.45) is 6.50. The van der Waals surface area contributed by atoms with E-state index in [4.69, 9.17) is 17.0 Å². The first kappa shape index (κ1) is 15.1. The second-order valence-electron chi connectivity index (χ2n) is 5.49. The minimum absolute atomic E-state index is 0.564. The van der Waals surface area contributed by atoms with E-state index in [1.807, 2.05) is 19.2 Å². The van der Waals surface area contributed by atoms with Crippen LogP contribution in [0.25, 0.3) is 0 Å². The standard InChI is InChI=1S/C16H24N2OS/c1-18(12-13-8-10-15(19-2)11-9-13)16(20)17-14-6-4-3-5-7-14/h8-11,14H,3-7,12H2,1-2H3,(H,17,20). The molecule has 0 amide bonds. The van der Waals surface area contributed by atoms with Crippen molar-refractivity contribution >= 4 is 17.3 Å². The van der Waals surface area contributed by atoms with E-state index in [9.17, 15) is 0 Å². The summed E-state index contributed by atoms with van der Waals surface area (Å²) < 4.78 is 5.17. The van der Waals surface area contributed by atoms with Crippen LogP contribution in [0.1, 0.15) is 37.7 Å². The molecule has 4 heteroatoms. The summed E-state index contributed by atoms with van der Waals surface area (Å²) >= 11 is 5.50. The van der Waals surface area contributed by atoms with E-state index < -0.39 is 0 Å². The van der Waals surface area contributed by atoms with Gasteiger partial charge in [-0.05, 0) is 42.8 Å². The highest BCUT2D eigenvalue weighted by Gasteiger charge is 2.15. The maximum atomic E-state index is 5.50. The number of hydrogen-bond acceptors (Lipinski definition) is 2. The number of nitrogens with one attached hydrogen (secondary N) is 1. The predicted molar refractivity (Wildman–Crippen MR) is 87.1 cm³/mol. The Morgan fingerprint density at radius 1 is 1.25 bits per heavy atom. The summed E-state index contributed by atoms with van der Waals surface area (Å²) in [7, 11) is 3.73. The van der Waals surface area contributed by atoms with E-state index in [0.29, 0.717) is 6.04 Å². The van der Waals surface area contributed by atoms with Gasteiger partial charge in [0.25, 0.3) is 0 Å². The zero-order chi connectivity index (χ0) is 14.4. The molecule has 1 fully saturated rings. The lowest BCUT2D eigenvalue weighted by molar-refractivity contribution is 0.392. The van der Waals surface area contributed by atoms with Crippen molar-refractivity contribution in [1.29, 1.82) is 0 Å². The highest BCUT2D eigenvalue weighted by Crippen LogP contribution is 2.18. The fourth-order valence-electron chi connectivity index (χ4n) is 2.61. The molecule has 0 radical (unpaired) electrons. The molecule has 1 N–H and O–H groups in total. The van der Waals surface area contributed by atoms with Crippen molar-refractivity contribution in [2.75, 3.05) is 14.2 Å². The zero-order valence-electron chi connectivity index (χ0n) is 12.4. The maximum Gasteiger partial charge on any atom is 0.169 e. The molecule has 1 aliphatic rings. The van der Waals surface area contributed by atoms with Gasteiger partial charge in [-0.15, -0.1) is 0 Å². The van der Waals surface area contributed by atoms with Gasteiger partial charge in [0, 0.05) is 19.6 Å². The van der Waals surface area contributed by atoms with Gasteiger partial charge in [-0.3, -0.25) is 0 Å². The van der Waals surface area contributed by atoms with Crippen molar-refractivity contribution in [2.24, 2.45) is 0 Å². The molecule has 0 heterocycles. The summed E-state index contributed by atoms with van der Waals surface area (Å²) in [6.45, 7) is 0.822. The molecule has 1 saturated carbocycles. The van der Waals surface area contributed by atoms with E-state index >= 15 is 0 Å². The fraction of sp³-hybridized carbons (Fsp3) is 0.562. The maximum absolute atomic E-state index is 5.50. The summed E-state index contributed by atoms with van der Waals surface area (Å²) in [5.41, 5.74) is 1.24. The van der Waals surface area contributed by atoms with Crippen molar-refractivity contribution in [3.63, 3.8) is 0 Å². The first-order valence-electron chi connectivity index (χ1n) is 7.33. The number of ether oxygens (including phenoxy) is 1. The van der Waals surface area contributed by atoms with E-state index in [2.05, 4.69) is 22.3 Å². The third-order valence-corrected chi connectivity index (χ3v) is 4.29. The molecule has 1 aliphatic carbocycles. The molecule has 2 rings (SSSR count). The van der Waals surface area contributed by atoms with Gasteiger partial charge >= 0.3 is 0 Å². The van der Waals surface area contributed by atoms with Crippen LogP contribution in [0.5, 0.6) is 5.75 Å². The van der Waals surface area contributed by atoms with Crippen molar-refractivity contribution in [2.45, 2.75) is 44.7 Å². The Hall–Kier alpha value is -1.29. The lowest BCUT2D eigenvalue weighted by Crippen LogP contribution is -2.43. The Balaban J connectivity index is 1.83. The number of thiocarbonyl (C=S) groups is 1. The van der Waals surface area contributed by atoms with Gasteiger partial charge in [-0.25, -0.2) is 0 Å². The Morgan fingerprint density at radius 3 is 2.50 bits per heavy atom.